The van der Waals surface area contributed by atoms with E-state index in [2.05, 4.69) is 34.5 Å². The van der Waals surface area contributed by atoms with Crippen LogP contribution in [-0.4, -0.2) is 19.1 Å². The van der Waals surface area contributed by atoms with Gasteiger partial charge in [0.05, 0.1) is 0 Å². The van der Waals surface area contributed by atoms with Gasteiger partial charge in [-0.2, -0.15) is 0 Å². The topological polar surface area (TPSA) is 15.3 Å². The Hall–Kier alpha value is -1.18. The van der Waals surface area contributed by atoms with Crippen LogP contribution in [0.15, 0.2) is 24.3 Å². The fraction of sp³-hybridized carbons (Fsp3) is 0.667. The maximum absolute atomic E-state index is 3.79. The molecule has 0 spiro atoms. The first kappa shape index (κ1) is 13.8. The summed E-state index contributed by atoms with van der Waals surface area (Å²) in [7, 11) is 0. The van der Waals surface area contributed by atoms with E-state index >= 15 is 0 Å². The molecule has 1 saturated heterocycles. The van der Waals surface area contributed by atoms with Crippen LogP contribution in [0.25, 0.3) is 0 Å². The molecule has 1 heterocycles. The molecule has 2 nitrogen and oxygen atoms in total. The Morgan fingerprint density at radius 1 is 0.850 bits per heavy atom. The van der Waals surface area contributed by atoms with Gasteiger partial charge in [-0.3, -0.25) is 0 Å². The summed E-state index contributed by atoms with van der Waals surface area (Å²) >= 11 is 0. The van der Waals surface area contributed by atoms with Gasteiger partial charge in [-0.1, -0.05) is 38.2 Å². The molecule has 1 aromatic carbocycles. The second kappa shape index (κ2) is 7.01. The predicted molar refractivity (Wildman–Crippen MR) is 87.6 cm³/mol. The maximum Gasteiger partial charge on any atom is 0.0386 e. The zero-order chi connectivity index (χ0) is 13.6. The van der Waals surface area contributed by atoms with Gasteiger partial charge in [0.25, 0.3) is 0 Å². The van der Waals surface area contributed by atoms with Crippen LogP contribution in [0.1, 0.15) is 57.8 Å². The lowest BCUT2D eigenvalue weighted by Gasteiger charge is -2.24. The summed E-state index contributed by atoms with van der Waals surface area (Å²) in [6.45, 7) is 2.46. The summed E-state index contributed by atoms with van der Waals surface area (Å²) in [4.78, 5) is 2.52. The molecule has 110 valence electrons. The molecule has 2 heteroatoms. The fourth-order valence-corrected chi connectivity index (χ4v) is 3.60. The van der Waals surface area contributed by atoms with E-state index in [9.17, 15) is 0 Å². The molecule has 0 radical (unpaired) electrons. The van der Waals surface area contributed by atoms with Gasteiger partial charge in [0.2, 0.25) is 0 Å². The average molecular weight is 272 g/mol. The van der Waals surface area contributed by atoms with E-state index in [4.69, 9.17) is 0 Å². The van der Waals surface area contributed by atoms with Crippen molar-refractivity contribution in [2.75, 3.05) is 23.3 Å². The lowest BCUT2D eigenvalue weighted by atomic mass is 9.96. The number of hydrogen-bond donors (Lipinski definition) is 1. The van der Waals surface area contributed by atoms with Gasteiger partial charge in [0.15, 0.2) is 0 Å². The first-order chi connectivity index (χ1) is 9.92. The first-order valence-corrected chi connectivity index (χ1v) is 8.53. The van der Waals surface area contributed by atoms with Crippen LogP contribution in [-0.2, 0) is 0 Å². The van der Waals surface area contributed by atoms with E-state index in [1.54, 1.807) is 0 Å². The van der Waals surface area contributed by atoms with E-state index in [1.807, 2.05) is 0 Å². The molecule has 2 fully saturated rings. The van der Waals surface area contributed by atoms with Gasteiger partial charge in [0.1, 0.15) is 0 Å². The normalized spacial score (nSPS) is 21.5. The number of nitrogens with one attached hydrogen (secondary N) is 1. The summed E-state index contributed by atoms with van der Waals surface area (Å²) < 4.78 is 0. The molecule has 0 amide bonds. The van der Waals surface area contributed by atoms with Gasteiger partial charge < -0.3 is 10.2 Å². The van der Waals surface area contributed by atoms with Crippen molar-refractivity contribution in [2.24, 2.45) is 0 Å². The second-order valence-corrected chi connectivity index (χ2v) is 6.43. The van der Waals surface area contributed by atoms with Crippen molar-refractivity contribution >= 4 is 11.4 Å². The molecule has 2 aliphatic rings. The van der Waals surface area contributed by atoms with Crippen molar-refractivity contribution < 1.29 is 0 Å². The third kappa shape index (κ3) is 3.68. The molecule has 3 rings (SSSR count). The Morgan fingerprint density at radius 3 is 2.30 bits per heavy atom. The minimum absolute atomic E-state index is 0.684. The van der Waals surface area contributed by atoms with Crippen molar-refractivity contribution in [3.8, 4) is 0 Å². The highest BCUT2D eigenvalue weighted by Gasteiger charge is 2.14. The van der Waals surface area contributed by atoms with Crippen LogP contribution in [0, 0.1) is 0 Å². The van der Waals surface area contributed by atoms with E-state index < -0.39 is 0 Å². The molecule has 0 atom stereocenters. The molecule has 1 N–H and O–H groups in total. The Bertz CT molecular complexity index is 402. The summed E-state index contributed by atoms with van der Waals surface area (Å²) in [5.41, 5.74) is 2.72. The lowest BCUT2D eigenvalue weighted by molar-refractivity contribution is 0.471. The summed E-state index contributed by atoms with van der Waals surface area (Å²) in [6, 6.07) is 9.74. The summed E-state index contributed by atoms with van der Waals surface area (Å²) in [6.07, 6.45) is 12.4. The molecule has 20 heavy (non-hydrogen) atoms. The monoisotopic (exact) mass is 272 g/mol. The standard InChI is InChI=1S/C18H28N2/c1-2-4-9-16(10-5-3-1)19-17-11-8-12-18(15-17)20-13-6-7-14-20/h8,11-12,15-16,19H,1-7,9-10,13-14H2. The fourth-order valence-electron chi connectivity index (χ4n) is 3.60. The molecule has 1 saturated carbocycles. The molecule has 1 aromatic rings. The highest BCUT2D eigenvalue weighted by molar-refractivity contribution is 5.58. The Balaban J connectivity index is 1.62. The molecular weight excluding hydrogens is 244 g/mol. The van der Waals surface area contributed by atoms with E-state index in [-0.39, 0.29) is 0 Å². The van der Waals surface area contributed by atoms with Gasteiger partial charge in [-0.25, -0.2) is 0 Å². The van der Waals surface area contributed by atoms with Crippen molar-refractivity contribution in [2.45, 2.75) is 63.8 Å². The predicted octanol–water partition coefficient (Wildman–Crippen LogP) is 4.81. The third-order valence-electron chi connectivity index (χ3n) is 4.79. The maximum atomic E-state index is 3.79. The Morgan fingerprint density at radius 2 is 1.55 bits per heavy atom. The number of anilines is 2. The van der Waals surface area contributed by atoms with Gasteiger partial charge in [-0.05, 0) is 43.9 Å². The van der Waals surface area contributed by atoms with Gasteiger partial charge in [0, 0.05) is 30.5 Å². The quantitative estimate of drug-likeness (QED) is 0.849. The molecule has 0 unspecified atom stereocenters. The highest BCUT2D eigenvalue weighted by atomic mass is 15.1. The van der Waals surface area contributed by atoms with Crippen LogP contribution in [0.5, 0.6) is 0 Å². The van der Waals surface area contributed by atoms with E-state index in [1.165, 1.54) is 82.3 Å². The zero-order valence-electron chi connectivity index (χ0n) is 12.6. The zero-order valence-corrected chi connectivity index (χ0v) is 12.6. The van der Waals surface area contributed by atoms with Crippen LogP contribution in [0.3, 0.4) is 0 Å². The minimum Gasteiger partial charge on any atom is -0.382 e. The molecule has 1 aliphatic carbocycles. The van der Waals surface area contributed by atoms with Gasteiger partial charge >= 0.3 is 0 Å². The molecule has 1 aliphatic heterocycles. The Labute approximate surface area is 123 Å². The van der Waals surface area contributed by atoms with Crippen LogP contribution >= 0.6 is 0 Å². The number of nitrogens with zero attached hydrogens (tertiary/aromatic N) is 1. The SMILES string of the molecule is c1cc(NC2CCCCCCC2)cc(N2CCCC2)c1. The average Bonchev–Trinajstić information content (AvgIpc) is 2.96. The summed E-state index contributed by atoms with van der Waals surface area (Å²) in [5.74, 6) is 0. The minimum atomic E-state index is 0.684. The largest absolute Gasteiger partial charge is 0.382 e. The van der Waals surface area contributed by atoms with E-state index in [0.29, 0.717) is 6.04 Å². The van der Waals surface area contributed by atoms with Crippen LogP contribution < -0.4 is 10.2 Å². The van der Waals surface area contributed by atoms with Crippen LogP contribution in [0.2, 0.25) is 0 Å². The Kier molecular flexibility index (Phi) is 4.83. The van der Waals surface area contributed by atoms with E-state index in [0.717, 1.165) is 0 Å². The molecule has 0 aromatic heterocycles. The molecular formula is C18H28N2. The van der Waals surface area contributed by atoms with Crippen molar-refractivity contribution in [1.82, 2.24) is 0 Å². The summed E-state index contributed by atoms with van der Waals surface area (Å²) in [5, 5.41) is 3.79. The first-order valence-electron chi connectivity index (χ1n) is 8.53. The lowest BCUT2D eigenvalue weighted by Crippen LogP contribution is -2.21. The number of hydrogen-bond acceptors (Lipinski definition) is 2. The van der Waals surface area contributed by atoms with Gasteiger partial charge in [-0.15, -0.1) is 0 Å². The van der Waals surface area contributed by atoms with Crippen molar-refractivity contribution in [3.05, 3.63) is 24.3 Å². The smallest absolute Gasteiger partial charge is 0.0386 e. The van der Waals surface area contributed by atoms with Crippen LogP contribution in [0.4, 0.5) is 11.4 Å². The second-order valence-electron chi connectivity index (χ2n) is 6.43. The van der Waals surface area contributed by atoms with Crippen molar-refractivity contribution in [3.63, 3.8) is 0 Å². The van der Waals surface area contributed by atoms with Crippen molar-refractivity contribution in [1.29, 1.82) is 0 Å². The number of benzene rings is 1. The highest BCUT2D eigenvalue weighted by Crippen LogP contribution is 2.25. The molecule has 0 bridgehead atoms. The number of rotatable bonds is 3. The third-order valence-corrected chi connectivity index (χ3v) is 4.79.